The van der Waals surface area contributed by atoms with Gasteiger partial charge in [-0.25, -0.2) is 4.98 Å². The number of nitrogens with zero attached hydrogens (tertiary/aromatic N) is 3. The van der Waals surface area contributed by atoms with Gasteiger partial charge in [-0.2, -0.15) is 0 Å². The molecule has 0 bridgehead atoms. The predicted molar refractivity (Wildman–Crippen MR) is 131 cm³/mol. The lowest BCUT2D eigenvalue weighted by Gasteiger charge is -2.32. The molecular weight excluding hydrogens is 432 g/mol. The van der Waals surface area contributed by atoms with Crippen molar-refractivity contribution >= 4 is 22.8 Å². The van der Waals surface area contributed by atoms with Gasteiger partial charge in [-0.05, 0) is 43.2 Å². The summed E-state index contributed by atoms with van der Waals surface area (Å²) in [5.41, 5.74) is 1.96. The van der Waals surface area contributed by atoms with E-state index in [1.54, 1.807) is 19.4 Å². The van der Waals surface area contributed by atoms with Crippen molar-refractivity contribution in [2.75, 3.05) is 45.2 Å². The van der Waals surface area contributed by atoms with Crippen LogP contribution in [0.1, 0.15) is 28.8 Å². The van der Waals surface area contributed by atoms with Crippen molar-refractivity contribution in [1.29, 1.82) is 0 Å². The molecule has 2 aromatic heterocycles. The minimum Gasteiger partial charge on any atom is -0.383 e. The number of anilines is 1. The Balaban J connectivity index is 1.34. The molecule has 0 unspecified atom stereocenters. The van der Waals surface area contributed by atoms with Gasteiger partial charge in [-0.15, -0.1) is 0 Å². The van der Waals surface area contributed by atoms with Crippen LogP contribution in [0.5, 0.6) is 0 Å². The van der Waals surface area contributed by atoms with Gasteiger partial charge in [-0.1, -0.05) is 11.8 Å². The standard InChI is InChI=1S/C25H28N6O3/c1-34-15-14-31-12-8-19(9-13-31)29-23-17-28-21-7-6-18(16-22(21)30-23)4-2-10-26-24(32)20-5-3-11-27-25(20)33/h3,5-7,11,16-17,19H,8-10,12-15H2,1H3,(H,26,32)(H,27,33)(H,29,30). The fourth-order valence-corrected chi connectivity index (χ4v) is 3.86. The Morgan fingerprint density at radius 2 is 2.12 bits per heavy atom. The van der Waals surface area contributed by atoms with Gasteiger partial charge in [0.15, 0.2) is 0 Å². The number of rotatable bonds is 7. The number of aromatic nitrogens is 3. The number of hydrogen-bond donors (Lipinski definition) is 3. The summed E-state index contributed by atoms with van der Waals surface area (Å²) in [4.78, 5) is 37.9. The van der Waals surface area contributed by atoms with Crippen LogP contribution in [0.3, 0.4) is 0 Å². The number of hydrogen-bond acceptors (Lipinski definition) is 7. The first-order valence-electron chi connectivity index (χ1n) is 11.3. The highest BCUT2D eigenvalue weighted by molar-refractivity contribution is 5.93. The predicted octanol–water partition coefficient (Wildman–Crippen LogP) is 1.62. The Bertz CT molecular complexity index is 1250. The number of ether oxygens (including phenoxy) is 1. The van der Waals surface area contributed by atoms with Crippen LogP contribution < -0.4 is 16.2 Å². The number of methoxy groups -OCH3 is 1. The van der Waals surface area contributed by atoms with Crippen LogP contribution in [0.2, 0.25) is 0 Å². The summed E-state index contributed by atoms with van der Waals surface area (Å²) < 4.78 is 5.17. The molecule has 0 aliphatic carbocycles. The van der Waals surface area contributed by atoms with Crippen LogP contribution in [0.25, 0.3) is 11.0 Å². The van der Waals surface area contributed by atoms with E-state index >= 15 is 0 Å². The van der Waals surface area contributed by atoms with E-state index in [2.05, 4.69) is 37.3 Å². The van der Waals surface area contributed by atoms with E-state index in [9.17, 15) is 9.59 Å². The second-order valence-electron chi connectivity index (χ2n) is 8.11. The van der Waals surface area contributed by atoms with E-state index in [0.29, 0.717) is 6.04 Å². The Kier molecular flexibility index (Phi) is 7.86. The first kappa shape index (κ1) is 23.4. The molecule has 9 nitrogen and oxygen atoms in total. The van der Waals surface area contributed by atoms with Crippen molar-refractivity contribution in [2.45, 2.75) is 18.9 Å². The molecule has 1 aromatic carbocycles. The zero-order valence-corrected chi connectivity index (χ0v) is 19.1. The average Bonchev–Trinajstić information content (AvgIpc) is 2.86. The minimum atomic E-state index is -0.458. The zero-order chi connectivity index (χ0) is 23.8. The maximum atomic E-state index is 12.1. The average molecular weight is 461 g/mol. The van der Waals surface area contributed by atoms with Gasteiger partial charge < -0.3 is 25.3 Å². The molecule has 3 heterocycles. The van der Waals surface area contributed by atoms with Crippen LogP contribution in [0.4, 0.5) is 5.82 Å². The summed E-state index contributed by atoms with van der Waals surface area (Å²) in [6.07, 6.45) is 5.35. The fraction of sp³-hybridized carbons (Fsp3) is 0.360. The summed E-state index contributed by atoms with van der Waals surface area (Å²) in [6.45, 7) is 3.94. The molecule has 1 aliphatic heterocycles. The first-order chi connectivity index (χ1) is 16.6. The molecule has 4 rings (SSSR count). The number of amides is 1. The van der Waals surface area contributed by atoms with E-state index in [4.69, 9.17) is 9.72 Å². The molecule has 0 radical (unpaired) electrons. The van der Waals surface area contributed by atoms with E-state index in [1.807, 2.05) is 18.2 Å². The van der Waals surface area contributed by atoms with Gasteiger partial charge in [0.05, 0.1) is 30.4 Å². The summed E-state index contributed by atoms with van der Waals surface area (Å²) in [7, 11) is 1.73. The van der Waals surface area contributed by atoms with Crippen molar-refractivity contribution in [1.82, 2.24) is 25.2 Å². The molecule has 1 fully saturated rings. The highest BCUT2D eigenvalue weighted by atomic mass is 16.5. The highest BCUT2D eigenvalue weighted by Gasteiger charge is 2.19. The Morgan fingerprint density at radius 1 is 1.26 bits per heavy atom. The van der Waals surface area contributed by atoms with Gasteiger partial charge in [0.1, 0.15) is 11.4 Å². The van der Waals surface area contributed by atoms with Crippen molar-refractivity contribution in [3.05, 3.63) is 64.2 Å². The first-order valence-corrected chi connectivity index (χ1v) is 11.3. The number of aromatic amines is 1. The third-order valence-electron chi connectivity index (χ3n) is 5.73. The van der Waals surface area contributed by atoms with E-state index in [-0.39, 0.29) is 12.1 Å². The lowest BCUT2D eigenvalue weighted by atomic mass is 10.1. The minimum absolute atomic E-state index is 0.0611. The molecular formula is C25H28N6O3. The summed E-state index contributed by atoms with van der Waals surface area (Å²) >= 11 is 0. The highest BCUT2D eigenvalue weighted by Crippen LogP contribution is 2.18. The maximum Gasteiger partial charge on any atom is 0.260 e. The number of pyridine rings is 1. The molecule has 1 amide bonds. The van der Waals surface area contributed by atoms with Crippen molar-refractivity contribution < 1.29 is 9.53 Å². The topological polar surface area (TPSA) is 112 Å². The van der Waals surface area contributed by atoms with Crippen LogP contribution >= 0.6 is 0 Å². The number of piperidine rings is 1. The van der Waals surface area contributed by atoms with Crippen molar-refractivity contribution in [2.24, 2.45) is 0 Å². The lowest BCUT2D eigenvalue weighted by molar-refractivity contribution is 0.0957. The lowest BCUT2D eigenvalue weighted by Crippen LogP contribution is -2.40. The fourth-order valence-electron chi connectivity index (χ4n) is 3.86. The summed E-state index contributed by atoms with van der Waals surface area (Å²) in [6, 6.07) is 9.09. The number of carbonyl (C=O) groups is 1. The van der Waals surface area contributed by atoms with Crippen LogP contribution in [0, 0.1) is 11.8 Å². The van der Waals surface area contributed by atoms with Crippen LogP contribution in [-0.2, 0) is 4.74 Å². The second-order valence-corrected chi connectivity index (χ2v) is 8.11. The monoisotopic (exact) mass is 460 g/mol. The zero-order valence-electron chi connectivity index (χ0n) is 19.1. The summed E-state index contributed by atoms with van der Waals surface area (Å²) in [5.74, 6) is 6.24. The quantitative estimate of drug-likeness (QED) is 0.460. The van der Waals surface area contributed by atoms with Crippen LogP contribution in [0.15, 0.2) is 47.5 Å². The van der Waals surface area contributed by atoms with E-state index in [1.165, 1.54) is 12.3 Å². The Morgan fingerprint density at radius 3 is 2.91 bits per heavy atom. The number of likely N-dealkylation sites (tertiary alicyclic amines) is 1. The van der Waals surface area contributed by atoms with Crippen molar-refractivity contribution in [3.8, 4) is 11.8 Å². The molecule has 34 heavy (non-hydrogen) atoms. The van der Waals surface area contributed by atoms with Gasteiger partial charge in [0.25, 0.3) is 11.5 Å². The van der Waals surface area contributed by atoms with Gasteiger partial charge in [-0.3, -0.25) is 14.6 Å². The van der Waals surface area contributed by atoms with E-state index < -0.39 is 11.5 Å². The van der Waals surface area contributed by atoms with Crippen LogP contribution in [-0.4, -0.2) is 71.7 Å². The van der Waals surface area contributed by atoms with Gasteiger partial charge >= 0.3 is 0 Å². The summed E-state index contributed by atoms with van der Waals surface area (Å²) in [5, 5.41) is 6.15. The molecule has 1 saturated heterocycles. The number of benzene rings is 1. The smallest absolute Gasteiger partial charge is 0.260 e. The molecule has 3 N–H and O–H groups in total. The molecule has 1 aliphatic rings. The molecule has 176 valence electrons. The molecule has 0 saturated carbocycles. The SMILES string of the molecule is COCCN1CCC(Nc2cnc3ccc(C#CCNC(=O)c4ccc[nH]c4=O)cc3n2)CC1. The van der Waals surface area contributed by atoms with Crippen molar-refractivity contribution in [3.63, 3.8) is 0 Å². The third kappa shape index (κ3) is 6.19. The molecule has 3 aromatic rings. The molecule has 0 atom stereocenters. The molecule has 0 spiro atoms. The maximum absolute atomic E-state index is 12.1. The number of carbonyl (C=O) groups excluding carboxylic acids is 1. The number of nitrogens with one attached hydrogen (secondary N) is 3. The second kappa shape index (κ2) is 11.4. The number of fused-ring (bicyclic) bond motifs is 1. The van der Waals surface area contributed by atoms with E-state index in [0.717, 1.165) is 61.5 Å². The Labute approximate surface area is 197 Å². The normalized spacial score (nSPS) is 14.4. The Hall–Kier alpha value is -3.74. The number of H-pyrrole nitrogens is 1. The van der Waals surface area contributed by atoms with Gasteiger partial charge in [0.2, 0.25) is 0 Å². The largest absolute Gasteiger partial charge is 0.383 e. The molecule has 9 heteroatoms. The third-order valence-corrected chi connectivity index (χ3v) is 5.73. The van der Waals surface area contributed by atoms with Gasteiger partial charge in [0, 0.05) is 44.5 Å².